The van der Waals surface area contributed by atoms with Gasteiger partial charge in [0.1, 0.15) is 6.61 Å². The molecule has 0 fully saturated rings. The van der Waals surface area contributed by atoms with Crippen LogP contribution in [0.25, 0.3) is 0 Å². The van der Waals surface area contributed by atoms with Crippen LogP contribution in [0.3, 0.4) is 0 Å². The molecule has 2 atom stereocenters. The van der Waals surface area contributed by atoms with Crippen molar-refractivity contribution in [3.8, 4) is 0 Å². The van der Waals surface area contributed by atoms with E-state index in [2.05, 4.69) is 5.32 Å². The van der Waals surface area contributed by atoms with Crippen molar-refractivity contribution < 1.29 is 18.3 Å². The second-order valence-electron chi connectivity index (χ2n) is 6.83. The molecule has 0 aromatic heterocycles. The number of esters is 1. The number of allylic oxidation sites excluding steroid dienone is 1. The fourth-order valence-electron chi connectivity index (χ4n) is 3.31. The smallest absolute Gasteiger partial charge is 0.333 e. The van der Waals surface area contributed by atoms with Crippen LogP contribution < -0.4 is 5.32 Å². The van der Waals surface area contributed by atoms with Gasteiger partial charge in [-0.05, 0) is 18.1 Å². The van der Waals surface area contributed by atoms with Crippen LogP contribution in [0.5, 0.6) is 0 Å². The summed E-state index contributed by atoms with van der Waals surface area (Å²) in [6, 6.07) is 17.8. The maximum absolute atomic E-state index is 15.0. The molecular formula is C22H23F2NO2. The Bertz CT molecular complexity index is 792. The minimum Gasteiger partial charge on any atom is -0.459 e. The van der Waals surface area contributed by atoms with E-state index < -0.39 is 29.9 Å². The van der Waals surface area contributed by atoms with Gasteiger partial charge in [-0.3, -0.25) is 5.32 Å². The van der Waals surface area contributed by atoms with Gasteiger partial charge in [0.15, 0.2) is 5.54 Å². The van der Waals surface area contributed by atoms with E-state index in [9.17, 15) is 13.6 Å². The van der Waals surface area contributed by atoms with E-state index in [0.717, 1.165) is 11.1 Å². The van der Waals surface area contributed by atoms with Crippen molar-refractivity contribution in [3.63, 3.8) is 0 Å². The molecule has 0 saturated carbocycles. The van der Waals surface area contributed by atoms with Crippen LogP contribution in [0.2, 0.25) is 0 Å². The average Bonchev–Trinajstić information content (AvgIpc) is 2.69. The highest BCUT2D eigenvalue weighted by atomic mass is 19.3. The molecule has 0 spiro atoms. The van der Waals surface area contributed by atoms with Crippen molar-refractivity contribution in [3.05, 3.63) is 83.9 Å². The van der Waals surface area contributed by atoms with Crippen molar-refractivity contribution in [2.75, 3.05) is 0 Å². The second-order valence-corrected chi connectivity index (χ2v) is 6.83. The van der Waals surface area contributed by atoms with E-state index in [1.807, 2.05) is 48.5 Å². The summed E-state index contributed by atoms with van der Waals surface area (Å²) in [4.78, 5) is 12.9. The Morgan fingerprint density at radius 3 is 2.26 bits per heavy atom. The third kappa shape index (κ3) is 4.08. The molecule has 1 aliphatic carbocycles. The lowest BCUT2D eigenvalue weighted by Crippen LogP contribution is -2.65. The lowest BCUT2D eigenvalue weighted by molar-refractivity contribution is -0.175. The van der Waals surface area contributed by atoms with Crippen molar-refractivity contribution in [1.29, 1.82) is 0 Å². The third-order valence-electron chi connectivity index (χ3n) is 4.91. The van der Waals surface area contributed by atoms with Crippen molar-refractivity contribution in [2.45, 2.75) is 43.9 Å². The number of nitrogens with one attached hydrogen (secondary N) is 1. The molecule has 0 saturated heterocycles. The van der Waals surface area contributed by atoms with Gasteiger partial charge in [0.05, 0.1) is 0 Å². The molecule has 1 N–H and O–H groups in total. The van der Waals surface area contributed by atoms with Gasteiger partial charge in [0.25, 0.3) is 5.92 Å². The Kier molecular flexibility index (Phi) is 5.71. The van der Waals surface area contributed by atoms with Gasteiger partial charge in [0.2, 0.25) is 0 Å². The van der Waals surface area contributed by atoms with Gasteiger partial charge < -0.3 is 4.74 Å². The van der Waals surface area contributed by atoms with E-state index in [4.69, 9.17) is 4.74 Å². The fourth-order valence-corrected chi connectivity index (χ4v) is 3.31. The molecule has 27 heavy (non-hydrogen) atoms. The number of benzene rings is 2. The van der Waals surface area contributed by atoms with Crippen LogP contribution in [0.1, 0.15) is 36.9 Å². The predicted octanol–water partition coefficient (Wildman–Crippen LogP) is 4.80. The summed E-state index contributed by atoms with van der Waals surface area (Å²) in [7, 11) is 0. The largest absolute Gasteiger partial charge is 0.459 e. The third-order valence-corrected chi connectivity index (χ3v) is 4.91. The van der Waals surface area contributed by atoms with Crippen LogP contribution >= 0.6 is 0 Å². The topological polar surface area (TPSA) is 38.3 Å². The number of rotatable bonds is 6. The highest BCUT2D eigenvalue weighted by molar-refractivity contribution is 5.83. The first-order chi connectivity index (χ1) is 12.9. The van der Waals surface area contributed by atoms with Gasteiger partial charge in [-0.15, -0.1) is 0 Å². The number of hydrogen-bond acceptors (Lipinski definition) is 3. The maximum atomic E-state index is 15.0. The van der Waals surface area contributed by atoms with Gasteiger partial charge >= 0.3 is 5.97 Å². The van der Waals surface area contributed by atoms with Crippen LogP contribution in [0, 0.1) is 0 Å². The summed E-state index contributed by atoms with van der Waals surface area (Å²) < 4.78 is 35.3. The zero-order chi connectivity index (χ0) is 19.3. The van der Waals surface area contributed by atoms with Crippen LogP contribution in [-0.2, 0) is 16.1 Å². The Hall–Kier alpha value is -2.53. The Morgan fingerprint density at radius 2 is 1.63 bits per heavy atom. The van der Waals surface area contributed by atoms with E-state index in [1.54, 1.807) is 25.1 Å². The summed E-state index contributed by atoms with van der Waals surface area (Å²) in [5.74, 6) is -4.18. The van der Waals surface area contributed by atoms with E-state index >= 15 is 0 Å². The van der Waals surface area contributed by atoms with Gasteiger partial charge in [-0.1, -0.05) is 72.8 Å². The van der Waals surface area contributed by atoms with Crippen LogP contribution in [0.15, 0.2) is 72.8 Å². The highest BCUT2D eigenvalue weighted by Crippen LogP contribution is 2.41. The molecule has 0 heterocycles. The van der Waals surface area contributed by atoms with Crippen molar-refractivity contribution >= 4 is 5.97 Å². The summed E-state index contributed by atoms with van der Waals surface area (Å²) in [6.07, 6.45) is 2.41. The first kappa shape index (κ1) is 19.2. The maximum Gasteiger partial charge on any atom is 0.333 e. The molecule has 3 rings (SSSR count). The molecular weight excluding hydrogens is 348 g/mol. The zero-order valence-corrected chi connectivity index (χ0v) is 15.2. The predicted molar refractivity (Wildman–Crippen MR) is 100 cm³/mol. The van der Waals surface area contributed by atoms with Crippen LogP contribution in [-0.4, -0.2) is 17.4 Å². The minimum absolute atomic E-state index is 0.0391. The summed E-state index contributed by atoms with van der Waals surface area (Å²) in [6.45, 7) is 1.73. The molecule has 2 aromatic rings. The number of hydrogen-bond donors (Lipinski definition) is 1. The zero-order valence-electron chi connectivity index (χ0n) is 15.2. The van der Waals surface area contributed by atoms with Crippen molar-refractivity contribution in [2.24, 2.45) is 0 Å². The molecule has 3 nitrogen and oxygen atoms in total. The standard InChI is InChI=1S/C22H23F2NO2/c1-17(19-12-6-3-7-13-19)25-21(14-8-9-15-22(21,23)24)20(26)27-16-18-10-4-2-5-11-18/h2-13,17,25H,14-16H2,1H3/t17-,21-/m0/s1. The van der Waals surface area contributed by atoms with Crippen LogP contribution in [0.4, 0.5) is 8.78 Å². The number of carbonyl (C=O) groups excluding carboxylic acids is 1. The normalized spacial score (nSPS) is 22.2. The lowest BCUT2D eigenvalue weighted by atomic mass is 9.80. The Labute approximate surface area is 158 Å². The first-order valence-corrected chi connectivity index (χ1v) is 9.01. The Morgan fingerprint density at radius 1 is 1.04 bits per heavy atom. The summed E-state index contributed by atoms with van der Waals surface area (Å²) in [5, 5.41) is 2.90. The first-order valence-electron chi connectivity index (χ1n) is 9.01. The van der Waals surface area contributed by atoms with E-state index in [-0.39, 0.29) is 13.0 Å². The molecule has 0 radical (unpaired) electrons. The minimum atomic E-state index is -3.25. The number of halogens is 2. The van der Waals surface area contributed by atoms with Gasteiger partial charge in [-0.25, -0.2) is 13.6 Å². The van der Waals surface area contributed by atoms with Crippen molar-refractivity contribution in [1.82, 2.24) is 5.32 Å². The van der Waals surface area contributed by atoms with E-state index in [0.29, 0.717) is 0 Å². The fraction of sp³-hybridized carbons (Fsp3) is 0.318. The second kappa shape index (κ2) is 8.01. The quantitative estimate of drug-likeness (QED) is 0.585. The molecule has 142 valence electrons. The molecule has 0 aliphatic heterocycles. The average molecular weight is 371 g/mol. The molecule has 1 aliphatic rings. The summed E-state index contributed by atoms with van der Waals surface area (Å²) >= 11 is 0. The molecule has 5 heteroatoms. The lowest BCUT2D eigenvalue weighted by Gasteiger charge is -2.41. The monoisotopic (exact) mass is 371 g/mol. The molecule has 0 unspecified atom stereocenters. The number of ether oxygens (including phenoxy) is 1. The summed E-state index contributed by atoms with van der Waals surface area (Å²) in [5.41, 5.74) is -0.504. The number of carbonyl (C=O) groups is 1. The Balaban J connectivity index is 1.84. The molecule has 0 amide bonds. The molecule has 0 bridgehead atoms. The number of alkyl halides is 2. The molecule has 2 aromatic carbocycles. The van der Waals surface area contributed by atoms with Gasteiger partial charge in [0, 0.05) is 18.9 Å². The van der Waals surface area contributed by atoms with E-state index in [1.165, 1.54) is 6.08 Å². The van der Waals surface area contributed by atoms with Gasteiger partial charge in [-0.2, -0.15) is 0 Å². The highest BCUT2D eigenvalue weighted by Gasteiger charge is 2.60. The SMILES string of the molecule is C[C@H](N[C@]1(C(=O)OCc2ccccc2)CC=CCC1(F)F)c1ccccc1.